The van der Waals surface area contributed by atoms with E-state index in [9.17, 15) is 18.7 Å². The zero-order valence-electron chi connectivity index (χ0n) is 20.3. The number of anilines is 3. The smallest absolute Gasteiger partial charge is 0.328 e. The lowest BCUT2D eigenvalue weighted by molar-refractivity contribution is 0.148. The molecule has 1 aliphatic heterocycles. The van der Waals surface area contributed by atoms with Gasteiger partial charge in [-0.3, -0.25) is 9.13 Å². The molecule has 0 amide bonds. The Morgan fingerprint density at radius 2 is 1.94 bits per heavy atom. The molecule has 2 N–H and O–H groups in total. The maximum Gasteiger partial charge on any atom is 0.328 e. The fraction of sp³-hybridized carbons (Fsp3) is 0.480. The molecule has 1 aliphatic rings. The van der Waals surface area contributed by atoms with Crippen LogP contribution in [-0.4, -0.2) is 44.6 Å². The summed E-state index contributed by atoms with van der Waals surface area (Å²) < 4.78 is 32.4. The molecule has 4 atom stereocenters. The van der Waals surface area contributed by atoms with Crippen molar-refractivity contribution < 1.29 is 13.9 Å². The van der Waals surface area contributed by atoms with Gasteiger partial charge in [-0.25, -0.2) is 23.4 Å². The number of hydrogen-bond donors (Lipinski definition) is 2. The van der Waals surface area contributed by atoms with Crippen molar-refractivity contribution in [2.45, 2.75) is 46.0 Å². The third-order valence-corrected chi connectivity index (χ3v) is 6.64. The summed E-state index contributed by atoms with van der Waals surface area (Å²) in [5, 5.41) is 12.6. The van der Waals surface area contributed by atoms with Crippen molar-refractivity contribution >= 4 is 34.0 Å². The van der Waals surface area contributed by atoms with Crippen molar-refractivity contribution in [2.75, 3.05) is 23.3 Å². The van der Waals surface area contributed by atoms with Crippen LogP contribution in [0.25, 0.3) is 15.9 Å². The Hall–Kier alpha value is -3.45. The van der Waals surface area contributed by atoms with E-state index in [4.69, 9.17) is 6.57 Å². The first-order valence-electron chi connectivity index (χ1n) is 11.7. The molecule has 0 radical (unpaired) electrons. The van der Waals surface area contributed by atoms with Gasteiger partial charge in [-0.05, 0) is 37.6 Å². The number of rotatable bonds is 6. The predicted molar refractivity (Wildman–Crippen MR) is 133 cm³/mol. The van der Waals surface area contributed by atoms with E-state index in [-0.39, 0.29) is 29.0 Å². The molecule has 0 spiro atoms. The van der Waals surface area contributed by atoms with Gasteiger partial charge in [0.2, 0.25) is 5.69 Å². The Morgan fingerprint density at radius 3 is 2.57 bits per heavy atom. The van der Waals surface area contributed by atoms with Crippen LogP contribution in [0.4, 0.5) is 31.8 Å². The van der Waals surface area contributed by atoms with Crippen molar-refractivity contribution in [1.29, 1.82) is 0 Å². The first-order valence-corrected chi connectivity index (χ1v) is 11.7. The number of nitrogens with one attached hydrogen (secondary N) is 1. The second kappa shape index (κ2) is 9.66. The maximum atomic E-state index is 14.9. The average Bonchev–Trinajstić information content (AvgIpc) is 3.05. The molecule has 2 aromatic heterocycles. The maximum absolute atomic E-state index is 14.9. The molecule has 1 fully saturated rings. The van der Waals surface area contributed by atoms with E-state index < -0.39 is 18.1 Å². The monoisotopic (exact) mass is 484 g/mol. The van der Waals surface area contributed by atoms with Crippen LogP contribution in [0, 0.1) is 24.2 Å². The predicted octanol–water partition coefficient (Wildman–Crippen LogP) is 4.37. The highest BCUT2D eigenvalue weighted by molar-refractivity contribution is 5.82. The summed E-state index contributed by atoms with van der Waals surface area (Å²) in [4.78, 5) is 22.4. The van der Waals surface area contributed by atoms with E-state index in [1.54, 1.807) is 36.7 Å². The van der Waals surface area contributed by atoms with Gasteiger partial charge in [0.15, 0.2) is 11.6 Å². The second-order valence-electron chi connectivity index (χ2n) is 9.54. The fourth-order valence-corrected chi connectivity index (χ4v) is 4.73. The number of aromatic nitrogens is 3. The number of hydrogen-bond acceptors (Lipinski definition) is 5. The van der Waals surface area contributed by atoms with Gasteiger partial charge in [0, 0.05) is 44.2 Å². The zero-order chi connectivity index (χ0) is 25.4. The second-order valence-corrected chi connectivity index (χ2v) is 9.54. The van der Waals surface area contributed by atoms with Crippen molar-refractivity contribution in [2.24, 2.45) is 18.9 Å². The van der Waals surface area contributed by atoms with E-state index in [1.165, 1.54) is 4.57 Å². The molecule has 4 rings (SSSR count). The number of halogens is 2. The molecule has 8 nitrogen and oxygen atoms in total. The molecule has 1 aromatic carbocycles. The van der Waals surface area contributed by atoms with Gasteiger partial charge in [-0.1, -0.05) is 13.8 Å². The Bertz CT molecular complexity index is 1330. The van der Waals surface area contributed by atoms with Crippen LogP contribution in [-0.2, 0) is 13.6 Å². The number of aryl methyl sites for hydroxylation is 2. The Balaban J connectivity index is 1.70. The van der Waals surface area contributed by atoms with Crippen LogP contribution in [0.5, 0.6) is 0 Å². The quantitative estimate of drug-likeness (QED) is 0.508. The summed E-state index contributed by atoms with van der Waals surface area (Å²) >= 11 is 0. The lowest BCUT2D eigenvalue weighted by Crippen LogP contribution is -2.46. The minimum Gasteiger partial charge on any atom is -0.393 e. The van der Waals surface area contributed by atoms with Crippen LogP contribution >= 0.6 is 0 Å². The standard InChI is InChI=1S/C25H30F2N6O2/c1-14-12-32(13-15(2)22(14)27)24-19(28-4)11-18(26)23(30-24)29-17-6-7-20-21(10-17)33(9-8-16(3)34)25(35)31(20)5/h6-7,10-11,14-16,22,34H,8-9,12-13H2,1-3,5H3,(H,29,30)/t14-,15+,16-,22?/m0/s1. The molecule has 35 heavy (non-hydrogen) atoms. The van der Waals surface area contributed by atoms with Gasteiger partial charge in [0.1, 0.15) is 12.0 Å². The number of imidazole rings is 1. The molecule has 0 aliphatic carbocycles. The fourth-order valence-electron chi connectivity index (χ4n) is 4.73. The Labute approximate surface area is 202 Å². The molecule has 0 saturated carbocycles. The largest absolute Gasteiger partial charge is 0.393 e. The summed E-state index contributed by atoms with van der Waals surface area (Å²) in [6, 6.07) is 6.37. The number of pyridine rings is 1. The summed E-state index contributed by atoms with van der Waals surface area (Å²) in [5.41, 5.74) is 1.75. The summed E-state index contributed by atoms with van der Waals surface area (Å²) in [7, 11) is 1.68. The van der Waals surface area contributed by atoms with E-state index in [2.05, 4.69) is 15.1 Å². The first-order chi connectivity index (χ1) is 16.6. The van der Waals surface area contributed by atoms with Gasteiger partial charge in [0.05, 0.1) is 23.7 Å². The van der Waals surface area contributed by atoms with Crippen LogP contribution in [0.1, 0.15) is 27.2 Å². The normalized spacial score (nSPS) is 21.2. The molecule has 186 valence electrons. The molecule has 10 heteroatoms. The zero-order valence-corrected chi connectivity index (χ0v) is 20.3. The highest BCUT2D eigenvalue weighted by Crippen LogP contribution is 2.36. The van der Waals surface area contributed by atoms with Crippen LogP contribution in [0.2, 0.25) is 0 Å². The van der Waals surface area contributed by atoms with Crippen LogP contribution < -0.4 is 15.9 Å². The van der Waals surface area contributed by atoms with Gasteiger partial charge in [-0.2, -0.15) is 0 Å². The number of piperidine rings is 1. The number of benzene rings is 1. The van der Waals surface area contributed by atoms with E-state index in [1.807, 2.05) is 18.7 Å². The van der Waals surface area contributed by atoms with Crippen LogP contribution in [0.15, 0.2) is 29.1 Å². The highest BCUT2D eigenvalue weighted by Gasteiger charge is 2.33. The average molecular weight is 485 g/mol. The topological polar surface area (TPSA) is 79.7 Å². The first kappa shape index (κ1) is 24.7. The molecular weight excluding hydrogens is 454 g/mol. The molecule has 1 unspecified atom stereocenters. The lowest BCUT2D eigenvalue weighted by Gasteiger charge is -2.39. The number of aliphatic hydroxyl groups is 1. The number of aliphatic hydroxyl groups excluding tert-OH is 1. The molecule has 1 saturated heterocycles. The van der Waals surface area contributed by atoms with E-state index in [0.29, 0.717) is 48.6 Å². The molecule has 3 aromatic rings. The molecule has 0 bridgehead atoms. The lowest BCUT2D eigenvalue weighted by atomic mass is 9.89. The van der Waals surface area contributed by atoms with E-state index >= 15 is 0 Å². The van der Waals surface area contributed by atoms with Gasteiger partial charge >= 0.3 is 5.69 Å². The van der Waals surface area contributed by atoms with E-state index in [0.717, 1.165) is 6.07 Å². The van der Waals surface area contributed by atoms with Crippen molar-refractivity contribution in [3.05, 3.63) is 52.0 Å². The third-order valence-electron chi connectivity index (χ3n) is 6.64. The van der Waals surface area contributed by atoms with Crippen molar-refractivity contribution in [1.82, 2.24) is 14.1 Å². The number of alkyl halides is 1. The Morgan fingerprint density at radius 1 is 1.26 bits per heavy atom. The summed E-state index contributed by atoms with van der Waals surface area (Å²) in [6.45, 7) is 13.9. The van der Waals surface area contributed by atoms with Crippen molar-refractivity contribution in [3.63, 3.8) is 0 Å². The molecule has 3 heterocycles. The van der Waals surface area contributed by atoms with Crippen molar-refractivity contribution in [3.8, 4) is 0 Å². The highest BCUT2D eigenvalue weighted by atomic mass is 19.1. The Kier molecular flexibility index (Phi) is 6.81. The van der Waals surface area contributed by atoms with Crippen LogP contribution in [0.3, 0.4) is 0 Å². The SMILES string of the molecule is [C-]#[N+]c1cc(F)c(Nc2ccc3c(c2)n(CC[C@H](C)O)c(=O)n3C)nc1N1C[C@@H](C)C(F)[C@@H](C)C1. The minimum absolute atomic E-state index is 0.0526. The van der Waals surface area contributed by atoms with Gasteiger partial charge < -0.3 is 15.3 Å². The van der Waals surface area contributed by atoms with Gasteiger partial charge in [0.25, 0.3) is 0 Å². The summed E-state index contributed by atoms with van der Waals surface area (Å²) in [5.74, 6) is -0.882. The molecular formula is C25H30F2N6O2. The third kappa shape index (κ3) is 4.73. The minimum atomic E-state index is -0.940. The number of fused-ring (bicyclic) bond motifs is 1. The summed E-state index contributed by atoms with van der Waals surface area (Å²) in [6.07, 6.45) is -1.07. The van der Waals surface area contributed by atoms with Gasteiger partial charge in [-0.15, -0.1) is 0 Å². The number of nitrogens with zero attached hydrogens (tertiary/aromatic N) is 5.